The van der Waals surface area contributed by atoms with Crippen LogP contribution in [0.25, 0.3) is 5.57 Å². The molecular weight excluding hydrogens is 528 g/mol. The zero-order valence-corrected chi connectivity index (χ0v) is 25.1. The number of anilines is 1. The Kier molecular flexibility index (Phi) is 9.27. The van der Waals surface area contributed by atoms with Gasteiger partial charge in [0.1, 0.15) is 18.2 Å². The number of aromatic nitrogens is 2. The van der Waals surface area contributed by atoms with Gasteiger partial charge < -0.3 is 24.4 Å². The van der Waals surface area contributed by atoms with E-state index in [0.717, 1.165) is 80.1 Å². The summed E-state index contributed by atoms with van der Waals surface area (Å²) in [7, 11) is 5.81. The Morgan fingerprint density at radius 1 is 1.07 bits per heavy atom. The van der Waals surface area contributed by atoms with Gasteiger partial charge in [-0.3, -0.25) is 14.5 Å². The van der Waals surface area contributed by atoms with Gasteiger partial charge in [0.05, 0.1) is 11.7 Å². The van der Waals surface area contributed by atoms with Gasteiger partial charge in [0, 0.05) is 89.2 Å². The largest absolute Gasteiger partial charge is 0.492 e. The molecule has 1 aromatic carbocycles. The van der Waals surface area contributed by atoms with Crippen LogP contribution in [0.5, 0.6) is 5.75 Å². The van der Waals surface area contributed by atoms with Crippen molar-refractivity contribution in [3.8, 4) is 5.75 Å². The SMILES string of the molecule is CC1C(=O)N(C)CCN1CCOc1ccc(C2CCN(c3ccc(/C(=C/N(C)C)c4cc[nH]c4C=O)cn3)CC2)cc1. The molecule has 1 N–H and O–H groups in total. The van der Waals surface area contributed by atoms with Gasteiger partial charge in [0.25, 0.3) is 0 Å². The fourth-order valence-electron chi connectivity index (χ4n) is 5.93. The molecule has 0 bridgehead atoms. The number of ether oxygens (including phenoxy) is 1. The molecule has 9 heteroatoms. The number of pyridine rings is 1. The standard InChI is InChI=1S/C33H42N6O3/c1-24-33(41)37(4)17-18-38(24)19-20-42-28-8-5-25(6-9-28)26-12-15-39(16-13-26)32-10-7-27(21-35-32)30(22-36(2)3)29-11-14-34-31(29)23-40/h5-11,14,21-24,26,34H,12-13,15-20H2,1-4H3/b30-22-. The number of hydrogen-bond donors (Lipinski definition) is 1. The van der Waals surface area contributed by atoms with E-state index in [4.69, 9.17) is 9.72 Å². The van der Waals surface area contributed by atoms with Crippen molar-refractivity contribution in [3.63, 3.8) is 0 Å². The van der Waals surface area contributed by atoms with Crippen molar-refractivity contribution in [1.29, 1.82) is 0 Å². The third-order valence-electron chi connectivity index (χ3n) is 8.45. The number of H-pyrrole nitrogens is 1. The third-order valence-corrected chi connectivity index (χ3v) is 8.45. The summed E-state index contributed by atoms with van der Waals surface area (Å²) in [5.41, 5.74) is 4.70. The van der Waals surface area contributed by atoms with Crippen LogP contribution in [0.4, 0.5) is 5.82 Å². The molecule has 3 aromatic rings. The number of nitrogens with one attached hydrogen (secondary N) is 1. The first-order valence-electron chi connectivity index (χ1n) is 14.8. The summed E-state index contributed by atoms with van der Waals surface area (Å²) in [6, 6.07) is 14.5. The molecule has 5 rings (SSSR count). The number of amides is 1. The van der Waals surface area contributed by atoms with Crippen LogP contribution in [-0.2, 0) is 4.79 Å². The Morgan fingerprint density at radius 2 is 1.83 bits per heavy atom. The van der Waals surface area contributed by atoms with Crippen molar-refractivity contribution in [1.82, 2.24) is 24.7 Å². The van der Waals surface area contributed by atoms with Gasteiger partial charge in [-0.15, -0.1) is 0 Å². The molecule has 0 aliphatic carbocycles. The number of piperazine rings is 1. The van der Waals surface area contributed by atoms with Gasteiger partial charge in [-0.1, -0.05) is 12.1 Å². The lowest BCUT2D eigenvalue weighted by Crippen LogP contribution is -2.55. The van der Waals surface area contributed by atoms with Crippen LogP contribution in [0.1, 0.15) is 52.9 Å². The molecule has 2 aliphatic rings. The number of piperidine rings is 1. The number of likely N-dealkylation sites (N-methyl/N-ethyl adjacent to an activating group) is 1. The molecule has 42 heavy (non-hydrogen) atoms. The van der Waals surface area contributed by atoms with E-state index < -0.39 is 0 Å². The minimum atomic E-state index is -0.0905. The van der Waals surface area contributed by atoms with Crippen molar-refractivity contribution < 1.29 is 14.3 Å². The Morgan fingerprint density at radius 3 is 2.50 bits per heavy atom. The number of aromatic amines is 1. The minimum Gasteiger partial charge on any atom is -0.492 e. The van der Waals surface area contributed by atoms with Crippen LogP contribution in [-0.4, -0.2) is 103 Å². The first-order valence-corrected chi connectivity index (χ1v) is 14.8. The molecule has 0 radical (unpaired) electrons. The highest BCUT2D eigenvalue weighted by atomic mass is 16.5. The lowest BCUT2D eigenvalue weighted by Gasteiger charge is -2.37. The highest BCUT2D eigenvalue weighted by molar-refractivity contribution is 5.89. The normalized spacial score (nSPS) is 18.8. The second-order valence-electron chi connectivity index (χ2n) is 11.5. The van der Waals surface area contributed by atoms with E-state index in [0.29, 0.717) is 18.2 Å². The number of nitrogens with zero attached hydrogens (tertiary/aromatic N) is 5. The summed E-state index contributed by atoms with van der Waals surface area (Å²) in [5.74, 6) is 2.54. The molecule has 2 fully saturated rings. The Bertz CT molecular complexity index is 1370. The smallest absolute Gasteiger partial charge is 0.239 e. The molecule has 4 heterocycles. The second kappa shape index (κ2) is 13.2. The molecule has 222 valence electrons. The van der Waals surface area contributed by atoms with E-state index in [-0.39, 0.29) is 11.9 Å². The van der Waals surface area contributed by atoms with Gasteiger partial charge in [-0.25, -0.2) is 4.98 Å². The summed E-state index contributed by atoms with van der Waals surface area (Å²) in [6.45, 7) is 6.84. The lowest BCUT2D eigenvalue weighted by molar-refractivity contribution is -0.139. The van der Waals surface area contributed by atoms with Gasteiger partial charge in [0.15, 0.2) is 6.29 Å². The maximum Gasteiger partial charge on any atom is 0.239 e. The van der Waals surface area contributed by atoms with E-state index in [9.17, 15) is 9.59 Å². The Labute approximate surface area is 248 Å². The first kappa shape index (κ1) is 29.4. The van der Waals surface area contributed by atoms with Crippen LogP contribution in [0, 0.1) is 0 Å². The first-order chi connectivity index (χ1) is 20.3. The van der Waals surface area contributed by atoms with E-state index >= 15 is 0 Å². The van der Waals surface area contributed by atoms with Crippen molar-refractivity contribution in [2.45, 2.75) is 31.7 Å². The summed E-state index contributed by atoms with van der Waals surface area (Å²) in [6.07, 6.45) is 8.69. The van der Waals surface area contributed by atoms with Crippen LogP contribution in [0.15, 0.2) is 61.1 Å². The van der Waals surface area contributed by atoms with Crippen LogP contribution >= 0.6 is 0 Å². The number of carbonyl (C=O) groups is 2. The number of rotatable bonds is 10. The lowest BCUT2D eigenvalue weighted by atomic mass is 9.89. The Hall–Kier alpha value is -4.11. The maximum atomic E-state index is 12.2. The third kappa shape index (κ3) is 6.68. The monoisotopic (exact) mass is 570 g/mol. The molecule has 9 nitrogen and oxygen atoms in total. The van der Waals surface area contributed by atoms with Crippen LogP contribution in [0.3, 0.4) is 0 Å². The molecule has 2 saturated heterocycles. The predicted octanol–water partition coefficient (Wildman–Crippen LogP) is 4.10. The summed E-state index contributed by atoms with van der Waals surface area (Å²) in [4.78, 5) is 39.9. The van der Waals surface area contributed by atoms with Crippen LogP contribution in [0.2, 0.25) is 0 Å². The van der Waals surface area contributed by atoms with Gasteiger partial charge >= 0.3 is 0 Å². The van der Waals surface area contributed by atoms with Gasteiger partial charge in [0.2, 0.25) is 5.91 Å². The summed E-state index contributed by atoms with van der Waals surface area (Å²) in [5, 5.41) is 0. The highest BCUT2D eigenvalue weighted by Gasteiger charge is 2.29. The molecule has 0 spiro atoms. The maximum absolute atomic E-state index is 12.2. The van der Waals surface area contributed by atoms with Crippen molar-refractivity contribution >= 4 is 23.6 Å². The highest BCUT2D eigenvalue weighted by Crippen LogP contribution is 2.32. The van der Waals surface area contributed by atoms with Crippen molar-refractivity contribution in [2.24, 2.45) is 0 Å². The number of hydrogen-bond acceptors (Lipinski definition) is 7. The predicted molar refractivity (Wildman–Crippen MR) is 166 cm³/mol. The second-order valence-corrected chi connectivity index (χ2v) is 11.5. The van der Waals surface area contributed by atoms with E-state index in [1.54, 1.807) is 11.1 Å². The fraction of sp³-hybridized carbons (Fsp3) is 0.424. The summed E-state index contributed by atoms with van der Waals surface area (Å²) >= 11 is 0. The average molecular weight is 571 g/mol. The van der Waals surface area contributed by atoms with E-state index in [2.05, 4.69) is 51.2 Å². The summed E-state index contributed by atoms with van der Waals surface area (Å²) < 4.78 is 6.01. The number of aldehydes is 1. The fourth-order valence-corrected chi connectivity index (χ4v) is 5.93. The minimum absolute atomic E-state index is 0.0905. The van der Waals surface area contributed by atoms with Crippen molar-refractivity contribution in [2.75, 3.05) is 65.4 Å². The molecule has 2 aliphatic heterocycles. The average Bonchev–Trinajstić information content (AvgIpc) is 3.49. The molecule has 1 amide bonds. The van der Waals surface area contributed by atoms with Crippen molar-refractivity contribution in [3.05, 3.63) is 83.4 Å². The van der Waals surface area contributed by atoms with Gasteiger partial charge in [-0.05, 0) is 61.6 Å². The molecule has 2 aromatic heterocycles. The number of carbonyl (C=O) groups excluding carboxylic acids is 2. The quantitative estimate of drug-likeness (QED) is 0.368. The Balaban J connectivity index is 1.13. The number of benzene rings is 1. The van der Waals surface area contributed by atoms with E-state index in [1.165, 1.54) is 5.56 Å². The molecular formula is C33H42N6O3. The van der Waals surface area contributed by atoms with E-state index in [1.807, 2.05) is 51.4 Å². The molecule has 1 atom stereocenters. The van der Waals surface area contributed by atoms with Crippen LogP contribution < -0.4 is 9.64 Å². The zero-order valence-electron chi connectivity index (χ0n) is 25.1. The van der Waals surface area contributed by atoms with Gasteiger partial charge in [-0.2, -0.15) is 0 Å². The zero-order chi connectivity index (χ0) is 29.6. The molecule has 1 unspecified atom stereocenters. The molecule has 0 saturated carbocycles. The topological polar surface area (TPSA) is 85.0 Å².